The number of fused-ring (bicyclic) bond motifs is 1. The van der Waals surface area contributed by atoms with E-state index < -0.39 is 10.0 Å². The maximum Gasteiger partial charge on any atom is 0.211 e. The molecule has 2 rings (SSSR count). The van der Waals surface area contributed by atoms with Crippen molar-refractivity contribution in [1.29, 1.82) is 0 Å². The van der Waals surface area contributed by atoms with E-state index >= 15 is 0 Å². The Labute approximate surface area is 101 Å². The van der Waals surface area contributed by atoms with Gasteiger partial charge in [-0.25, -0.2) is 13.1 Å². The first-order valence-corrected chi connectivity index (χ1v) is 7.12. The van der Waals surface area contributed by atoms with Gasteiger partial charge in [0.05, 0.1) is 5.75 Å². The molecule has 5 nitrogen and oxygen atoms in total. The fourth-order valence-corrected chi connectivity index (χ4v) is 2.08. The van der Waals surface area contributed by atoms with Crippen molar-refractivity contribution in [3.8, 4) is 11.5 Å². The van der Waals surface area contributed by atoms with Crippen LogP contribution in [0.5, 0.6) is 11.5 Å². The van der Waals surface area contributed by atoms with Gasteiger partial charge in [0.2, 0.25) is 10.0 Å². The molecular weight excluding hydrogens is 242 g/mol. The highest BCUT2D eigenvalue weighted by atomic mass is 32.2. The molecule has 1 aromatic carbocycles. The summed E-state index contributed by atoms with van der Waals surface area (Å²) in [5.41, 5.74) is 0.853. The predicted octanol–water partition coefficient (Wildman–Crippen LogP) is 0.897. The molecule has 0 radical (unpaired) electrons. The van der Waals surface area contributed by atoms with Crippen molar-refractivity contribution >= 4 is 10.0 Å². The number of hydrogen-bond donors (Lipinski definition) is 1. The summed E-state index contributed by atoms with van der Waals surface area (Å²) < 4.78 is 35.9. The Morgan fingerprint density at radius 1 is 1.24 bits per heavy atom. The minimum Gasteiger partial charge on any atom is -0.486 e. The Kier molecular flexibility index (Phi) is 3.54. The molecule has 1 aliphatic rings. The highest BCUT2D eigenvalue weighted by Gasteiger charge is 2.12. The third-order valence-electron chi connectivity index (χ3n) is 2.48. The van der Waals surface area contributed by atoms with Gasteiger partial charge in [-0.05, 0) is 24.6 Å². The standard InChI is InChI=1S/C11H15NO4S/c1-2-17(13,14)12-8-9-3-4-10-11(7-9)16-6-5-15-10/h3-4,7,12H,2,5-6,8H2,1H3. The molecule has 1 N–H and O–H groups in total. The third kappa shape index (κ3) is 3.10. The van der Waals surface area contributed by atoms with Crippen molar-refractivity contribution in [3.63, 3.8) is 0 Å². The number of ether oxygens (including phenoxy) is 2. The van der Waals surface area contributed by atoms with E-state index in [1.807, 2.05) is 6.07 Å². The summed E-state index contributed by atoms with van der Waals surface area (Å²) in [5.74, 6) is 1.46. The molecule has 0 fully saturated rings. The molecule has 0 unspecified atom stereocenters. The molecule has 1 aliphatic heterocycles. The van der Waals surface area contributed by atoms with Crippen LogP contribution in [-0.4, -0.2) is 27.4 Å². The second-order valence-electron chi connectivity index (χ2n) is 3.70. The molecule has 94 valence electrons. The van der Waals surface area contributed by atoms with Gasteiger partial charge in [0.25, 0.3) is 0 Å². The second-order valence-corrected chi connectivity index (χ2v) is 5.80. The quantitative estimate of drug-likeness (QED) is 0.870. The first-order chi connectivity index (χ1) is 8.11. The Hall–Kier alpha value is -1.27. The second kappa shape index (κ2) is 4.93. The van der Waals surface area contributed by atoms with Crippen LogP contribution in [0.3, 0.4) is 0 Å². The van der Waals surface area contributed by atoms with Crippen molar-refractivity contribution < 1.29 is 17.9 Å². The minimum absolute atomic E-state index is 0.0809. The van der Waals surface area contributed by atoms with Crippen LogP contribution < -0.4 is 14.2 Å². The van der Waals surface area contributed by atoms with Crippen LogP contribution in [0.15, 0.2) is 18.2 Å². The number of sulfonamides is 1. The molecule has 0 bridgehead atoms. The van der Waals surface area contributed by atoms with Crippen molar-refractivity contribution in [2.24, 2.45) is 0 Å². The zero-order chi connectivity index (χ0) is 12.3. The normalized spacial score (nSPS) is 14.6. The fourth-order valence-electron chi connectivity index (χ4n) is 1.49. The molecule has 0 amide bonds. The van der Waals surface area contributed by atoms with Crippen molar-refractivity contribution in [1.82, 2.24) is 4.72 Å². The smallest absolute Gasteiger partial charge is 0.211 e. The van der Waals surface area contributed by atoms with Crippen LogP contribution in [0.4, 0.5) is 0 Å². The van der Waals surface area contributed by atoms with Crippen LogP contribution in [0.2, 0.25) is 0 Å². The zero-order valence-corrected chi connectivity index (χ0v) is 10.4. The first kappa shape index (κ1) is 12.2. The molecule has 1 aromatic rings. The molecule has 6 heteroatoms. The van der Waals surface area contributed by atoms with Crippen LogP contribution in [0, 0.1) is 0 Å². The molecule has 0 aliphatic carbocycles. The lowest BCUT2D eigenvalue weighted by Gasteiger charge is -2.18. The molecule has 0 aromatic heterocycles. The lowest BCUT2D eigenvalue weighted by molar-refractivity contribution is 0.171. The summed E-state index contributed by atoms with van der Waals surface area (Å²) in [6.45, 7) is 2.95. The molecule has 0 saturated heterocycles. The Morgan fingerprint density at radius 3 is 2.65 bits per heavy atom. The molecule has 17 heavy (non-hydrogen) atoms. The van der Waals surface area contributed by atoms with Gasteiger partial charge in [-0.15, -0.1) is 0 Å². The molecule has 0 atom stereocenters. The van der Waals surface area contributed by atoms with E-state index in [1.165, 1.54) is 0 Å². The van der Waals surface area contributed by atoms with E-state index in [2.05, 4.69) is 4.72 Å². The molecule has 0 spiro atoms. The van der Waals surface area contributed by atoms with E-state index in [4.69, 9.17) is 9.47 Å². The van der Waals surface area contributed by atoms with Crippen LogP contribution in [0.1, 0.15) is 12.5 Å². The van der Waals surface area contributed by atoms with Crippen molar-refractivity contribution in [3.05, 3.63) is 23.8 Å². The summed E-state index contributed by atoms with van der Waals surface area (Å²) >= 11 is 0. The number of benzene rings is 1. The highest BCUT2D eigenvalue weighted by molar-refractivity contribution is 7.89. The van der Waals surface area contributed by atoms with Crippen molar-refractivity contribution in [2.75, 3.05) is 19.0 Å². The zero-order valence-electron chi connectivity index (χ0n) is 9.60. The van der Waals surface area contributed by atoms with E-state index in [0.717, 1.165) is 5.56 Å². The predicted molar refractivity (Wildman–Crippen MR) is 63.7 cm³/mol. The fraction of sp³-hybridized carbons (Fsp3) is 0.455. The van der Waals surface area contributed by atoms with Gasteiger partial charge in [-0.3, -0.25) is 0 Å². The Balaban J connectivity index is 2.07. The molecular formula is C11H15NO4S. The van der Waals surface area contributed by atoms with Gasteiger partial charge in [-0.2, -0.15) is 0 Å². The molecule has 1 heterocycles. The Bertz CT molecular complexity index is 498. The van der Waals surface area contributed by atoms with Crippen LogP contribution >= 0.6 is 0 Å². The summed E-state index contributed by atoms with van der Waals surface area (Å²) in [4.78, 5) is 0. The van der Waals surface area contributed by atoms with E-state index in [0.29, 0.717) is 24.7 Å². The topological polar surface area (TPSA) is 64.6 Å². The average molecular weight is 257 g/mol. The van der Waals surface area contributed by atoms with E-state index in [1.54, 1.807) is 19.1 Å². The van der Waals surface area contributed by atoms with Crippen LogP contribution in [-0.2, 0) is 16.6 Å². The monoisotopic (exact) mass is 257 g/mol. The van der Waals surface area contributed by atoms with Gasteiger partial charge in [0, 0.05) is 6.54 Å². The van der Waals surface area contributed by atoms with E-state index in [-0.39, 0.29) is 12.3 Å². The summed E-state index contributed by atoms with van der Waals surface area (Å²) in [7, 11) is -3.16. The van der Waals surface area contributed by atoms with Gasteiger partial charge < -0.3 is 9.47 Å². The maximum absolute atomic E-state index is 11.3. The summed E-state index contributed by atoms with van der Waals surface area (Å²) in [6, 6.07) is 5.42. The number of hydrogen-bond acceptors (Lipinski definition) is 4. The van der Waals surface area contributed by atoms with Gasteiger partial charge in [-0.1, -0.05) is 6.07 Å². The third-order valence-corrected chi connectivity index (χ3v) is 3.83. The number of nitrogens with one attached hydrogen (secondary N) is 1. The lowest BCUT2D eigenvalue weighted by atomic mass is 10.2. The Morgan fingerprint density at radius 2 is 1.94 bits per heavy atom. The highest BCUT2D eigenvalue weighted by Crippen LogP contribution is 2.30. The summed E-state index contributed by atoms with van der Waals surface area (Å²) in [6.07, 6.45) is 0. The van der Waals surface area contributed by atoms with E-state index in [9.17, 15) is 8.42 Å². The minimum atomic E-state index is -3.16. The van der Waals surface area contributed by atoms with Crippen LogP contribution in [0.25, 0.3) is 0 Å². The first-order valence-electron chi connectivity index (χ1n) is 5.46. The average Bonchev–Trinajstić information content (AvgIpc) is 2.36. The molecule has 0 saturated carbocycles. The SMILES string of the molecule is CCS(=O)(=O)NCc1ccc2c(c1)OCCO2. The maximum atomic E-state index is 11.3. The largest absolute Gasteiger partial charge is 0.486 e. The number of rotatable bonds is 4. The van der Waals surface area contributed by atoms with Gasteiger partial charge in [0.1, 0.15) is 13.2 Å². The van der Waals surface area contributed by atoms with Gasteiger partial charge in [0.15, 0.2) is 11.5 Å². The summed E-state index contributed by atoms with van der Waals surface area (Å²) in [5, 5.41) is 0. The van der Waals surface area contributed by atoms with Crippen molar-refractivity contribution in [2.45, 2.75) is 13.5 Å². The van der Waals surface area contributed by atoms with Gasteiger partial charge >= 0.3 is 0 Å². The lowest BCUT2D eigenvalue weighted by Crippen LogP contribution is -2.24.